The molecule has 3 heterocycles. The van der Waals surface area contributed by atoms with Gasteiger partial charge in [0.15, 0.2) is 5.78 Å². The van der Waals surface area contributed by atoms with Gasteiger partial charge in [-0.1, -0.05) is 6.07 Å². The molecule has 2 aliphatic rings. The Morgan fingerprint density at radius 2 is 1.97 bits per heavy atom. The predicted molar refractivity (Wildman–Crippen MR) is 117 cm³/mol. The Morgan fingerprint density at radius 3 is 2.70 bits per heavy atom. The zero-order valence-corrected chi connectivity index (χ0v) is 18.0. The number of nitrogens with zero attached hydrogens (tertiary/aromatic N) is 3. The van der Waals surface area contributed by atoms with Crippen LogP contribution < -0.4 is 5.32 Å². The topological polar surface area (TPSA) is 84.8 Å². The minimum Gasteiger partial charge on any atom is -0.310 e. The van der Waals surface area contributed by atoms with Gasteiger partial charge in [-0.05, 0) is 74.1 Å². The molecule has 1 N–H and O–H groups in total. The fraction of sp³-hybridized carbons (Fsp3) is 0.435. The maximum absolute atomic E-state index is 11.8. The van der Waals surface area contributed by atoms with Crippen LogP contribution in [0.5, 0.6) is 0 Å². The molecule has 156 valence electrons. The Balaban J connectivity index is 1.28. The minimum absolute atomic E-state index is 0.00787. The summed E-state index contributed by atoms with van der Waals surface area (Å²) < 4.78 is 0. The van der Waals surface area contributed by atoms with Crippen molar-refractivity contribution in [3.8, 4) is 0 Å². The van der Waals surface area contributed by atoms with Gasteiger partial charge in [0.25, 0.3) is 0 Å². The molecular weight excluding hydrogens is 396 g/mol. The second-order valence-corrected chi connectivity index (χ2v) is 9.13. The van der Waals surface area contributed by atoms with Gasteiger partial charge in [0, 0.05) is 37.1 Å². The van der Waals surface area contributed by atoms with Crippen LogP contribution >= 0.6 is 11.8 Å². The van der Waals surface area contributed by atoms with Crippen LogP contribution in [0.1, 0.15) is 54.9 Å². The Morgan fingerprint density at radius 1 is 1.13 bits per heavy atom. The highest BCUT2D eigenvalue weighted by Gasteiger charge is 2.26. The maximum atomic E-state index is 11.8. The van der Waals surface area contributed by atoms with Gasteiger partial charge in [0.2, 0.25) is 5.12 Å². The zero-order valence-electron chi connectivity index (χ0n) is 17.1. The molecule has 2 fully saturated rings. The van der Waals surface area contributed by atoms with Crippen molar-refractivity contribution in [1.29, 1.82) is 0 Å². The van der Waals surface area contributed by atoms with E-state index in [9.17, 15) is 9.59 Å². The first-order valence-corrected chi connectivity index (χ1v) is 11.3. The monoisotopic (exact) mass is 422 g/mol. The molecular formula is C23H26N4O2S. The van der Waals surface area contributed by atoms with Gasteiger partial charge < -0.3 is 5.32 Å². The number of pyridine rings is 1. The average molecular weight is 423 g/mol. The highest BCUT2D eigenvalue weighted by atomic mass is 32.2. The summed E-state index contributed by atoms with van der Waals surface area (Å²) in [5.74, 6) is 1.28. The molecule has 2 aromatic heterocycles. The van der Waals surface area contributed by atoms with E-state index in [1.165, 1.54) is 5.56 Å². The van der Waals surface area contributed by atoms with E-state index in [2.05, 4.69) is 33.3 Å². The number of ketones is 1. The smallest absolute Gasteiger partial charge is 0.201 e. The van der Waals surface area contributed by atoms with Crippen LogP contribution in [-0.4, -0.2) is 31.9 Å². The van der Waals surface area contributed by atoms with Crippen LogP contribution in [0.25, 0.3) is 6.08 Å². The van der Waals surface area contributed by atoms with Crippen LogP contribution in [0.3, 0.4) is 0 Å². The predicted octanol–water partition coefficient (Wildman–Crippen LogP) is 3.64. The molecule has 0 spiro atoms. The van der Waals surface area contributed by atoms with E-state index in [0.717, 1.165) is 61.9 Å². The van der Waals surface area contributed by atoms with Gasteiger partial charge in [-0.25, -0.2) is 9.97 Å². The molecule has 7 heteroatoms. The van der Waals surface area contributed by atoms with Crippen LogP contribution in [0.2, 0.25) is 0 Å². The van der Waals surface area contributed by atoms with Crippen molar-refractivity contribution in [2.24, 2.45) is 5.92 Å². The summed E-state index contributed by atoms with van der Waals surface area (Å²) in [5, 5.41) is 3.59. The molecule has 4 rings (SSSR count). The average Bonchev–Trinajstić information content (AvgIpc) is 3.05. The van der Waals surface area contributed by atoms with Gasteiger partial charge in [0.05, 0.1) is 17.0 Å². The standard InChI is InChI=1S/C23H26N4O2S/c1-15-17(3-2-9-24-15)14-26-18-6-4-16(5-7-18)11-22-25-10-8-19(27-22)12-21-20(28)13-23(29)30-21/h2-3,8-10,12,16,18,26H,4-7,11,13-14H2,1H3/b21-12-. The second-order valence-electron chi connectivity index (χ2n) is 8.03. The molecule has 0 amide bonds. The number of carbonyl (C=O) groups excluding carboxylic acids is 2. The lowest BCUT2D eigenvalue weighted by Gasteiger charge is -2.29. The lowest BCUT2D eigenvalue weighted by molar-refractivity contribution is -0.119. The van der Waals surface area contributed by atoms with E-state index in [1.54, 1.807) is 18.3 Å². The van der Waals surface area contributed by atoms with Crippen LogP contribution in [0.4, 0.5) is 0 Å². The van der Waals surface area contributed by atoms with Gasteiger partial charge in [-0.2, -0.15) is 0 Å². The quantitative estimate of drug-likeness (QED) is 0.562. The zero-order chi connectivity index (χ0) is 20.9. The van der Waals surface area contributed by atoms with Gasteiger partial charge in [-0.15, -0.1) is 0 Å². The normalized spacial score (nSPS) is 23.3. The largest absolute Gasteiger partial charge is 0.310 e. The van der Waals surface area contributed by atoms with Crippen molar-refractivity contribution in [2.75, 3.05) is 0 Å². The highest BCUT2D eigenvalue weighted by molar-refractivity contribution is 8.18. The summed E-state index contributed by atoms with van der Waals surface area (Å²) in [6, 6.07) is 6.45. The molecule has 0 radical (unpaired) electrons. The van der Waals surface area contributed by atoms with Crippen molar-refractivity contribution in [3.63, 3.8) is 0 Å². The molecule has 0 unspecified atom stereocenters. The summed E-state index contributed by atoms with van der Waals surface area (Å²) in [6.07, 6.45) is 10.7. The summed E-state index contributed by atoms with van der Waals surface area (Å²) in [4.78, 5) is 37.1. The molecule has 1 saturated heterocycles. The Bertz CT molecular complexity index is 967. The first kappa shape index (κ1) is 20.9. The molecule has 0 atom stereocenters. The van der Waals surface area contributed by atoms with Crippen LogP contribution in [-0.2, 0) is 22.6 Å². The van der Waals surface area contributed by atoms with E-state index in [-0.39, 0.29) is 17.3 Å². The van der Waals surface area contributed by atoms with Gasteiger partial charge in [0.1, 0.15) is 5.82 Å². The number of carbonyl (C=O) groups is 2. The fourth-order valence-electron chi connectivity index (χ4n) is 4.06. The van der Waals surface area contributed by atoms with E-state index in [1.807, 2.05) is 12.3 Å². The number of allylic oxidation sites excluding steroid dienone is 1. The van der Waals surface area contributed by atoms with E-state index in [4.69, 9.17) is 0 Å². The molecule has 0 bridgehead atoms. The number of hydrogen-bond donors (Lipinski definition) is 1. The number of rotatable bonds is 6. The molecule has 6 nitrogen and oxygen atoms in total. The highest BCUT2D eigenvalue weighted by Crippen LogP contribution is 2.30. The first-order chi connectivity index (χ1) is 14.6. The maximum Gasteiger partial charge on any atom is 0.201 e. The Labute approximate surface area is 181 Å². The van der Waals surface area contributed by atoms with Crippen molar-refractivity contribution < 1.29 is 9.59 Å². The minimum atomic E-state index is -0.113. The lowest BCUT2D eigenvalue weighted by Crippen LogP contribution is -2.33. The number of aromatic nitrogens is 3. The SMILES string of the molecule is Cc1ncccc1CNC1CCC(Cc2nccc(/C=C3\SC(=O)CC3=O)n2)CC1. The molecule has 1 aliphatic carbocycles. The molecule has 0 aromatic carbocycles. The molecule has 30 heavy (non-hydrogen) atoms. The van der Waals surface area contributed by atoms with Crippen molar-refractivity contribution in [1.82, 2.24) is 20.3 Å². The third kappa shape index (κ3) is 5.40. The molecule has 1 saturated carbocycles. The first-order valence-electron chi connectivity index (χ1n) is 10.5. The lowest BCUT2D eigenvalue weighted by atomic mass is 9.84. The number of hydrogen-bond acceptors (Lipinski definition) is 7. The summed E-state index contributed by atoms with van der Waals surface area (Å²) in [7, 11) is 0. The summed E-state index contributed by atoms with van der Waals surface area (Å²) in [5.41, 5.74) is 3.06. The van der Waals surface area contributed by atoms with Gasteiger partial charge >= 0.3 is 0 Å². The van der Waals surface area contributed by atoms with Crippen LogP contribution in [0.15, 0.2) is 35.5 Å². The van der Waals surface area contributed by atoms with E-state index in [0.29, 0.717) is 22.6 Å². The van der Waals surface area contributed by atoms with Crippen molar-refractivity contribution in [3.05, 3.63) is 58.3 Å². The third-order valence-corrected chi connectivity index (χ3v) is 6.76. The van der Waals surface area contributed by atoms with Crippen molar-refractivity contribution in [2.45, 2.75) is 58.0 Å². The fourth-order valence-corrected chi connectivity index (χ4v) is 4.87. The third-order valence-electron chi connectivity index (χ3n) is 5.83. The number of aryl methyl sites for hydroxylation is 1. The van der Waals surface area contributed by atoms with Gasteiger partial charge in [-0.3, -0.25) is 14.6 Å². The summed E-state index contributed by atoms with van der Waals surface area (Å²) >= 11 is 1.02. The molecule has 1 aliphatic heterocycles. The second kappa shape index (κ2) is 9.62. The molecule has 2 aromatic rings. The van der Waals surface area contributed by atoms with Crippen LogP contribution in [0, 0.1) is 12.8 Å². The van der Waals surface area contributed by atoms with Crippen molar-refractivity contribution >= 4 is 28.7 Å². The van der Waals surface area contributed by atoms with E-state index < -0.39 is 0 Å². The van der Waals surface area contributed by atoms with E-state index >= 15 is 0 Å². The Hall–Kier alpha value is -2.38. The number of Topliss-reactive ketones (excluding diaryl/α,β-unsaturated/α-hetero) is 1. The Kier molecular flexibility index (Phi) is 6.69. The summed E-state index contributed by atoms with van der Waals surface area (Å²) in [6.45, 7) is 2.92. The number of thioether (sulfide) groups is 1. The number of nitrogens with one attached hydrogen (secondary N) is 1.